The number of nitriles is 1. The zero-order chi connectivity index (χ0) is 8.20. The van der Waals surface area contributed by atoms with Crippen LogP contribution in [-0.2, 0) is 0 Å². The second kappa shape index (κ2) is 3.16. The van der Waals surface area contributed by atoms with Crippen LogP contribution in [0.1, 0.15) is 20.3 Å². The molecular formula is C6H10N2O2. The molecule has 0 bridgehead atoms. The van der Waals surface area contributed by atoms with Gasteiger partial charge < -0.3 is 0 Å². The van der Waals surface area contributed by atoms with Crippen molar-refractivity contribution >= 4 is 0 Å². The van der Waals surface area contributed by atoms with E-state index in [2.05, 4.69) is 0 Å². The molecule has 10 heavy (non-hydrogen) atoms. The smallest absolute Gasteiger partial charge is 0.209 e. The summed E-state index contributed by atoms with van der Waals surface area (Å²) in [4.78, 5) is 9.59. The van der Waals surface area contributed by atoms with Crippen molar-refractivity contribution in [3.8, 4) is 6.07 Å². The molecule has 0 aromatic heterocycles. The van der Waals surface area contributed by atoms with Crippen LogP contribution in [0.3, 0.4) is 0 Å². The molecule has 4 heteroatoms. The molecule has 0 aromatic carbocycles. The zero-order valence-electron chi connectivity index (χ0n) is 6.13. The molecule has 0 radical (unpaired) electrons. The predicted molar refractivity (Wildman–Crippen MR) is 35.9 cm³/mol. The van der Waals surface area contributed by atoms with Gasteiger partial charge in [-0.25, -0.2) is 0 Å². The van der Waals surface area contributed by atoms with Crippen molar-refractivity contribution in [3.05, 3.63) is 10.1 Å². The van der Waals surface area contributed by atoms with E-state index in [9.17, 15) is 10.1 Å². The van der Waals surface area contributed by atoms with E-state index in [-0.39, 0.29) is 13.0 Å². The third kappa shape index (κ3) is 3.84. The summed E-state index contributed by atoms with van der Waals surface area (Å²) in [5.74, 6) is 0. The molecule has 0 fully saturated rings. The van der Waals surface area contributed by atoms with E-state index < -0.39 is 10.3 Å². The standard InChI is InChI=1S/C6H10N2O2/c1-6(2,3-4-7)5-8(9)10/h3,5H2,1-2H3. The summed E-state index contributed by atoms with van der Waals surface area (Å²) in [7, 11) is 0. The Morgan fingerprint density at radius 3 is 2.50 bits per heavy atom. The first-order chi connectivity index (χ1) is 4.48. The molecule has 56 valence electrons. The van der Waals surface area contributed by atoms with E-state index >= 15 is 0 Å². The third-order valence-electron chi connectivity index (χ3n) is 1.11. The van der Waals surface area contributed by atoms with Crippen molar-refractivity contribution in [1.29, 1.82) is 5.26 Å². The van der Waals surface area contributed by atoms with Gasteiger partial charge in [-0.3, -0.25) is 10.1 Å². The number of nitro groups is 1. The van der Waals surface area contributed by atoms with E-state index in [1.165, 1.54) is 0 Å². The highest BCUT2D eigenvalue weighted by Crippen LogP contribution is 2.18. The van der Waals surface area contributed by atoms with Crippen molar-refractivity contribution in [3.63, 3.8) is 0 Å². The van der Waals surface area contributed by atoms with Crippen LogP contribution in [0.4, 0.5) is 0 Å². The molecule has 0 saturated carbocycles. The normalized spacial score (nSPS) is 10.5. The molecule has 0 aromatic rings. The fourth-order valence-electron chi connectivity index (χ4n) is 0.619. The lowest BCUT2D eigenvalue weighted by molar-refractivity contribution is -0.495. The molecule has 4 nitrogen and oxygen atoms in total. The van der Waals surface area contributed by atoms with Gasteiger partial charge in [0.05, 0.1) is 6.07 Å². The molecule has 0 unspecified atom stereocenters. The van der Waals surface area contributed by atoms with Crippen LogP contribution in [0.25, 0.3) is 0 Å². The second-order valence-corrected chi connectivity index (χ2v) is 2.99. The number of nitrogens with zero attached hydrogens (tertiary/aromatic N) is 2. The summed E-state index contributed by atoms with van der Waals surface area (Å²) >= 11 is 0. The molecule has 0 rings (SSSR count). The van der Waals surface area contributed by atoms with Crippen LogP contribution in [0.2, 0.25) is 0 Å². The second-order valence-electron chi connectivity index (χ2n) is 2.99. The Hall–Kier alpha value is -1.11. The lowest BCUT2D eigenvalue weighted by Gasteiger charge is -2.13. The SMILES string of the molecule is CC(C)(CC#N)C[N+](=O)[O-]. The fourth-order valence-corrected chi connectivity index (χ4v) is 0.619. The van der Waals surface area contributed by atoms with Crippen LogP contribution in [0, 0.1) is 26.9 Å². The van der Waals surface area contributed by atoms with Crippen LogP contribution in [0.5, 0.6) is 0 Å². The Morgan fingerprint density at radius 2 is 2.20 bits per heavy atom. The summed E-state index contributed by atoms with van der Waals surface area (Å²) in [5, 5.41) is 18.2. The quantitative estimate of drug-likeness (QED) is 0.439. The minimum Gasteiger partial charge on any atom is -0.265 e. The van der Waals surface area contributed by atoms with Gasteiger partial charge in [-0.1, -0.05) is 13.8 Å². The minimum atomic E-state index is -0.488. The van der Waals surface area contributed by atoms with Crippen LogP contribution < -0.4 is 0 Å². The van der Waals surface area contributed by atoms with Crippen molar-refractivity contribution in [2.75, 3.05) is 6.54 Å². The molecule has 0 atom stereocenters. The maximum absolute atomic E-state index is 9.99. The van der Waals surface area contributed by atoms with Crippen LogP contribution >= 0.6 is 0 Å². The van der Waals surface area contributed by atoms with Gasteiger partial charge in [-0.15, -0.1) is 0 Å². The van der Waals surface area contributed by atoms with Crippen LogP contribution in [-0.4, -0.2) is 11.5 Å². The number of hydrogen-bond donors (Lipinski definition) is 0. The van der Waals surface area contributed by atoms with Crippen molar-refractivity contribution in [2.45, 2.75) is 20.3 Å². The van der Waals surface area contributed by atoms with Crippen molar-refractivity contribution in [2.24, 2.45) is 5.41 Å². The summed E-state index contributed by atoms with van der Waals surface area (Å²) in [6.07, 6.45) is 0.230. The van der Waals surface area contributed by atoms with Crippen molar-refractivity contribution in [1.82, 2.24) is 0 Å². The first-order valence-corrected chi connectivity index (χ1v) is 2.97. The van der Waals surface area contributed by atoms with Gasteiger partial charge in [0.25, 0.3) is 0 Å². The number of rotatable bonds is 3. The van der Waals surface area contributed by atoms with Gasteiger partial charge in [-0.2, -0.15) is 5.26 Å². The lowest BCUT2D eigenvalue weighted by Crippen LogP contribution is -2.22. The van der Waals surface area contributed by atoms with E-state index in [1.807, 2.05) is 6.07 Å². The summed E-state index contributed by atoms with van der Waals surface area (Å²) < 4.78 is 0. The van der Waals surface area contributed by atoms with E-state index in [0.29, 0.717) is 0 Å². The molecule has 0 aliphatic carbocycles. The third-order valence-corrected chi connectivity index (χ3v) is 1.11. The highest BCUT2D eigenvalue weighted by atomic mass is 16.6. The van der Waals surface area contributed by atoms with Crippen LogP contribution in [0.15, 0.2) is 0 Å². The summed E-state index contributed by atoms with van der Waals surface area (Å²) in [5.41, 5.74) is -0.488. The maximum atomic E-state index is 9.99. The van der Waals surface area contributed by atoms with Gasteiger partial charge in [-0.05, 0) is 0 Å². The van der Waals surface area contributed by atoms with E-state index in [4.69, 9.17) is 5.26 Å². The van der Waals surface area contributed by atoms with Gasteiger partial charge in [0.1, 0.15) is 0 Å². The topological polar surface area (TPSA) is 66.9 Å². The summed E-state index contributed by atoms with van der Waals surface area (Å²) in [6, 6.07) is 1.91. The Balaban J connectivity index is 3.89. The fraction of sp³-hybridized carbons (Fsp3) is 0.833. The molecule has 0 saturated heterocycles. The highest BCUT2D eigenvalue weighted by Gasteiger charge is 2.23. The molecule has 0 spiro atoms. The molecule has 0 heterocycles. The highest BCUT2D eigenvalue weighted by molar-refractivity contribution is 4.81. The Bertz CT molecular complexity index is 169. The zero-order valence-corrected chi connectivity index (χ0v) is 6.13. The Kier molecular flexibility index (Phi) is 2.81. The van der Waals surface area contributed by atoms with E-state index in [1.54, 1.807) is 13.8 Å². The van der Waals surface area contributed by atoms with Gasteiger partial charge in [0, 0.05) is 16.8 Å². The Morgan fingerprint density at radius 1 is 1.70 bits per heavy atom. The Labute approximate surface area is 59.6 Å². The lowest BCUT2D eigenvalue weighted by atomic mass is 9.90. The maximum Gasteiger partial charge on any atom is 0.209 e. The molecule has 0 N–H and O–H groups in total. The minimum absolute atomic E-state index is 0.138. The largest absolute Gasteiger partial charge is 0.265 e. The van der Waals surface area contributed by atoms with Gasteiger partial charge in [0.15, 0.2) is 0 Å². The average Bonchev–Trinajstić information content (AvgIpc) is 1.59. The van der Waals surface area contributed by atoms with Crippen molar-refractivity contribution < 1.29 is 4.92 Å². The average molecular weight is 142 g/mol. The monoisotopic (exact) mass is 142 g/mol. The molecular weight excluding hydrogens is 132 g/mol. The molecule has 0 aliphatic rings. The molecule has 0 amide bonds. The first kappa shape index (κ1) is 8.89. The van der Waals surface area contributed by atoms with Gasteiger partial charge in [0.2, 0.25) is 6.54 Å². The predicted octanol–water partition coefficient (Wildman–Crippen LogP) is 1.20. The molecule has 0 aliphatic heterocycles. The first-order valence-electron chi connectivity index (χ1n) is 2.97. The number of hydrogen-bond acceptors (Lipinski definition) is 3. The van der Waals surface area contributed by atoms with E-state index in [0.717, 1.165) is 0 Å². The summed E-state index contributed by atoms with van der Waals surface area (Å²) in [6.45, 7) is 3.28. The van der Waals surface area contributed by atoms with Gasteiger partial charge >= 0.3 is 0 Å².